The molecule has 0 saturated carbocycles. The predicted molar refractivity (Wildman–Crippen MR) is 127 cm³/mol. The van der Waals surface area contributed by atoms with E-state index in [0.717, 1.165) is 18.6 Å². The number of para-hydroxylation sites is 1. The van der Waals surface area contributed by atoms with Crippen molar-refractivity contribution < 1.29 is 46.4 Å². The number of carbonyl (C=O) groups excluding carboxylic acids is 4. The molecular formula is C24H27NO10S. The molecule has 2 unspecified atom stereocenters. The van der Waals surface area contributed by atoms with E-state index in [2.05, 4.69) is 5.32 Å². The molecule has 0 bridgehead atoms. The largest absolute Gasteiger partial charge is 0.452 e. The highest BCUT2D eigenvalue weighted by atomic mass is 32.2. The van der Waals surface area contributed by atoms with Crippen molar-refractivity contribution in [1.29, 1.82) is 0 Å². The summed E-state index contributed by atoms with van der Waals surface area (Å²) in [6.07, 6.45) is -2.51. The van der Waals surface area contributed by atoms with Crippen LogP contribution in [0.2, 0.25) is 0 Å². The van der Waals surface area contributed by atoms with E-state index in [1.807, 2.05) is 18.2 Å². The number of hydrogen-bond donors (Lipinski definition) is 2. The molecule has 0 aromatic heterocycles. The second-order valence-corrected chi connectivity index (χ2v) is 9.06. The van der Waals surface area contributed by atoms with E-state index in [1.165, 1.54) is 25.3 Å². The van der Waals surface area contributed by atoms with Crippen LogP contribution in [0.25, 0.3) is 0 Å². The smallest absolute Gasteiger partial charge is 0.344 e. The van der Waals surface area contributed by atoms with Gasteiger partial charge in [-0.3, -0.25) is 14.1 Å². The van der Waals surface area contributed by atoms with Crippen LogP contribution >= 0.6 is 0 Å². The molecule has 0 aliphatic carbocycles. The molecule has 0 saturated heterocycles. The number of ketones is 1. The summed E-state index contributed by atoms with van der Waals surface area (Å²) in [4.78, 5) is 48.0. The second kappa shape index (κ2) is 13.5. The summed E-state index contributed by atoms with van der Waals surface area (Å²) < 4.78 is 47.3. The lowest BCUT2D eigenvalue weighted by atomic mass is 10.1. The minimum Gasteiger partial charge on any atom is -0.452 e. The predicted octanol–water partition coefficient (Wildman–Crippen LogP) is 1.95. The number of amides is 1. The minimum absolute atomic E-state index is 0.142. The highest BCUT2D eigenvalue weighted by Gasteiger charge is 2.25. The first-order chi connectivity index (χ1) is 17.0. The van der Waals surface area contributed by atoms with Gasteiger partial charge in [-0.1, -0.05) is 42.5 Å². The average molecular weight is 522 g/mol. The van der Waals surface area contributed by atoms with Crippen molar-refractivity contribution >= 4 is 39.4 Å². The summed E-state index contributed by atoms with van der Waals surface area (Å²) in [6, 6.07) is 14.3. The van der Waals surface area contributed by atoms with Gasteiger partial charge >= 0.3 is 11.9 Å². The van der Waals surface area contributed by atoms with Gasteiger partial charge in [-0.05, 0) is 24.6 Å². The highest BCUT2D eigenvalue weighted by molar-refractivity contribution is 7.86. The van der Waals surface area contributed by atoms with Gasteiger partial charge < -0.3 is 19.5 Å². The number of benzene rings is 2. The van der Waals surface area contributed by atoms with Crippen LogP contribution in [-0.2, 0) is 49.9 Å². The van der Waals surface area contributed by atoms with Crippen molar-refractivity contribution in [2.24, 2.45) is 0 Å². The lowest BCUT2D eigenvalue weighted by Gasteiger charge is -2.17. The van der Waals surface area contributed by atoms with Crippen molar-refractivity contribution in [3.8, 4) is 0 Å². The Bertz CT molecular complexity index is 1180. The molecule has 0 aliphatic rings. The second-order valence-electron chi connectivity index (χ2n) is 7.67. The van der Waals surface area contributed by atoms with E-state index in [0.29, 0.717) is 0 Å². The Kier molecular flexibility index (Phi) is 10.7. The molecule has 0 spiro atoms. The van der Waals surface area contributed by atoms with E-state index < -0.39 is 57.5 Å². The zero-order chi connectivity index (χ0) is 26.7. The van der Waals surface area contributed by atoms with Crippen LogP contribution in [0.5, 0.6) is 0 Å². The number of rotatable bonds is 13. The molecule has 2 aromatic rings. The van der Waals surface area contributed by atoms with Crippen molar-refractivity contribution in [2.45, 2.75) is 43.3 Å². The molecular weight excluding hydrogens is 494 g/mol. The SMILES string of the molecule is COC(Cc1ccccc1)C(=O)OCC(=O)OC(CCC(=O)Nc1ccccc1S(=O)(=O)O)C(C)=O. The fourth-order valence-electron chi connectivity index (χ4n) is 3.12. The molecule has 0 fully saturated rings. The number of carbonyl (C=O) groups is 4. The van der Waals surface area contributed by atoms with E-state index in [1.54, 1.807) is 12.1 Å². The fraction of sp³-hybridized carbons (Fsp3) is 0.333. The van der Waals surface area contributed by atoms with Crippen LogP contribution in [0.4, 0.5) is 5.69 Å². The van der Waals surface area contributed by atoms with E-state index >= 15 is 0 Å². The Balaban J connectivity index is 1.86. The molecule has 2 aromatic carbocycles. The summed E-state index contributed by atoms with van der Waals surface area (Å²) in [5.74, 6) is -2.99. The van der Waals surface area contributed by atoms with Gasteiger partial charge in [0.1, 0.15) is 4.90 Å². The van der Waals surface area contributed by atoms with Gasteiger partial charge in [0, 0.05) is 26.4 Å². The van der Waals surface area contributed by atoms with Crippen LogP contribution in [0.1, 0.15) is 25.3 Å². The Morgan fingerprint density at radius 3 is 2.22 bits per heavy atom. The number of methoxy groups -OCH3 is 1. The maximum absolute atomic E-state index is 12.3. The Morgan fingerprint density at radius 2 is 1.61 bits per heavy atom. The van der Waals surface area contributed by atoms with E-state index in [4.69, 9.17) is 14.2 Å². The first-order valence-electron chi connectivity index (χ1n) is 10.8. The van der Waals surface area contributed by atoms with Gasteiger partial charge in [-0.25, -0.2) is 9.59 Å². The zero-order valence-corrected chi connectivity index (χ0v) is 20.5. The van der Waals surface area contributed by atoms with Crippen molar-refractivity contribution in [1.82, 2.24) is 0 Å². The van der Waals surface area contributed by atoms with Crippen LogP contribution in [0.15, 0.2) is 59.5 Å². The number of nitrogens with one attached hydrogen (secondary N) is 1. The van der Waals surface area contributed by atoms with Gasteiger partial charge in [0.25, 0.3) is 10.1 Å². The molecule has 11 nitrogen and oxygen atoms in total. The first kappa shape index (κ1) is 28.6. The van der Waals surface area contributed by atoms with Crippen LogP contribution in [-0.4, -0.2) is 62.5 Å². The first-order valence-corrected chi connectivity index (χ1v) is 12.2. The molecule has 0 heterocycles. The average Bonchev–Trinajstić information content (AvgIpc) is 2.83. The van der Waals surface area contributed by atoms with Crippen molar-refractivity contribution in [2.75, 3.05) is 19.0 Å². The maximum Gasteiger partial charge on any atom is 0.344 e. The van der Waals surface area contributed by atoms with Crippen LogP contribution in [0, 0.1) is 0 Å². The third-order valence-electron chi connectivity index (χ3n) is 4.94. The minimum atomic E-state index is -4.57. The number of esters is 2. The molecule has 194 valence electrons. The van der Waals surface area contributed by atoms with Crippen LogP contribution < -0.4 is 5.32 Å². The fourth-order valence-corrected chi connectivity index (χ4v) is 3.77. The quantitative estimate of drug-likeness (QED) is 0.294. The number of hydrogen-bond acceptors (Lipinski definition) is 9. The third-order valence-corrected chi connectivity index (χ3v) is 5.86. The van der Waals surface area contributed by atoms with Crippen LogP contribution in [0.3, 0.4) is 0 Å². The summed E-state index contributed by atoms with van der Waals surface area (Å²) in [5.41, 5.74) is 0.689. The zero-order valence-electron chi connectivity index (χ0n) is 19.7. The lowest BCUT2D eigenvalue weighted by molar-refractivity contribution is -0.169. The Labute approximate surface area is 208 Å². The number of ether oxygens (including phenoxy) is 3. The maximum atomic E-state index is 12.3. The molecule has 0 aliphatic heterocycles. The normalized spacial score (nSPS) is 12.8. The van der Waals surface area contributed by atoms with Gasteiger partial charge in [0.05, 0.1) is 5.69 Å². The summed E-state index contributed by atoms with van der Waals surface area (Å²) in [6.45, 7) is 0.404. The summed E-state index contributed by atoms with van der Waals surface area (Å²) in [5, 5.41) is 2.33. The monoisotopic (exact) mass is 521 g/mol. The summed E-state index contributed by atoms with van der Waals surface area (Å²) in [7, 11) is -3.24. The Morgan fingerprint density at radius 1 is 0.972 bits per heavy atom. The third kappa shape index (κ3) is 9.21. The van der Waals surface area contributed by atoms with Crippen molar-refractivity contribution in [3.63, 3.8) is 0 Å². The van der Waals surface area contributed by atoms with Gasteiger partial charge in [0.15, 0.2) is 24.6 Å². The van der Waals surface area contributed by atoms with Gasteiger partial charge in [-0.15, -0.1) is 0 Å². The lowest BCUT2D eigenvalue weighted by Crippen LogP contribution is -2.32. The van der Waals surface area contributed by atoms with Gasteiger partial charge in [0.2, 0.25) is 5.91 Å². The number of anilines is 1. The highest BCUT2D eigenvalue weighted by Crippen LogP contribution is 2.21. The van der Waals surface area contributed by atoms with Gasteiger partial charge in [-0.2, -0.15) is 8.42 Å². The molecule has 2 N–H and O–H groups in total. The molecule has 2 atom stereocenters. The van der Waals surface area contributed by atoms with Crippen molar-refractivity contribution in [3.05, 3.63) is 60.2 Å². The van der Waals surface area contributed by atoms with E-state index in [-0.39, 0.29) is 24.9 Å². The molecule has 1 amide bonds. The number of Topliss-reactive ketones (excluding diaryl/α,β-unsaturated/α-hetero) is 1. The topological polar surface area (TPSA) is 162 Å². The molecule has 2 rings (SSSR count). The van der Waals surface area contributed by atoms with E-state index in [9.17, 15) is 32.1 Å². The molecule has 0 radical (unpaired) electrons. The molecule has 12 heteroatoms. The Hall–Kier alpha value is -3.61. The molecule has 36 heavy (non-hydrogen) atoms. The summed E-state index contributed by atoms with van der Waals surface area (Å²) >= 11 is 0. The standard InChI is InChI=1S/C24H27NO10S/c1-16(26)19(12-13-22(27)25-18-10-6-7-11-21(18)36(30,31)32)35-23(28)15-34-24(29)20(33-2)14-17-8-4-3-5-9-17/h3-11,19-20H,12-15H2,1-2H3,(H,25,27)(H,30,31,32).